The number of rotatable bonds is 5. The molecule has 1 heterocycles. The SMILES string of the molecule is CCCNCc1ccc(N2CCCC2(C)C)cc1. The Balaban J connectivity index is 1.99. The van der Waals surface area contributed by atoms with E-state index in [9.17, 15) is 0 Å². The highest BCUT2D eigenvalue weighted by molar-refractivity contribution is 5.51. The maximum atomic E-state index is 3.44. The number of hydrogen-bond donors (Lipinski definition) is 1. The lowest BCUT2D eigenvalue weighted by Gasteiger charge is -2.33. The summed E-state index contributed by atoms with van der Waals surface area (Å²) in [4.78, 5) is 2.54. The zero-order valence-electron chi connectivity index (χ0n) is 12.0. The molecular weight excluding hydrogens is 220 g/mol. The van der Waals surface area contributed by atoms with E-state index in [0.29, 0.717) is 5.54 Å². The summed E-state index contributed by atoms with van der Waals surface area (Å²) in [6.07, 6.45) is 3.81. The van der Waals surface area contributed by atoms with Crippen molar-refractivity contribution in [3.8, 4) is 0 Å². The molecule has 1 aliphatic rings. The number of nitrogens with one attached hydrogen (secondary N) is 1. The number of benzene rings is 1. The van der Waals surface area contributed by atoms with Crippen LogP contribution in [0, 0.1) is 0 Å². The van der Waals surface area contributed by atoms with Crippen molar-refractivity contribution in [3.63, 3.8) is 0 Å². The van der Waals surface area contributed by atoms with E-state index in [0.717, 1.165) is 13.1 Å². The van der Waals surface area contributed by atoms with Gasteiger partial charge in [0, 0.05) is 24.3 Å². The van der Waals surface area contributed by atoms with Crippen molar-refractivity contribution in [1.29, 1.82) is 0 Å². The van der Waals surface area contributed by atoms with E-state index >= 15 is 0 Å². The minimum Gasteiger partial charge on any atom is -0.366 e. The third-order valence-corrected chi connectivity index (χ3v) is 3.90. The van der Waals surface area contributed by atoms with Gasteiger partial charge in [-0.2, -0.15) is 0 Å². The Bertz CT molecular complexity index is 367. The van der Waals surface area contributed by atoms with Crippen LogP contribution in [-0.2, 0) is 6.54 Å². The van der Waals surface area contributed by atoms with Crippen LogP contribution in [-0.4, -0.2) is 18.6 Å². The van der Waals surface area contributed by atoms with E-state index in [2.05, 4.69) is 55.3 Å². The molecule has 18 heavy (non-hydrogen) atoms. The fraction of sp³-hybridized carbons (Fsp3) is 0.625. The first-order valence-electron chi connectivity index (χ1n) is 7.21. The van der Waals surface area contributed by atoms with E-state index in [1.54, 1.807) is 0 Å². The predicted octanol–water partition coefficient (Wildman–Crippen LogP) is 3.57. The molecule has 2 nitrogen and oxygen atoms in total. The van der Waals surface area contributed by atoms with Crippen molar-refractivity contribution in [3.05, 3.63) is 29.8 Å². The Hall–Kier alpha value is -1.02. The zero-order valence-corrected chi connectivity index (χ0v) is 12.0. The maximum absolute atomic E-state index is 3.44. The molecule has 0 unspecified atom stereocenters. The second-order valence-corrected chi connectivity index (χ2v) is 5.91. The monoisotopic (exact) mass is 246 g/mol. The van der Waals surface area contributed by atoms with Gasteiger partial charge in [-0.05, 0) is 57.4 Å². The first-order valence-corrected chi connectivity index (χ1v) is 7.21. The second-order valence-electron chi connectivity index (χ2n) is 5.91. The van der Waals surface area contributed by atoms with Crippen molar-refractivity contribution >= 4 is 5.69 Å². The van der Waals surface area contributed by atoms with Gasteiger partial charge in [0.2, 0.25) is 0 Å². The van der Waals surface area contributed by atoms with Gasteiger partial charge in [0.25, 0.3) is 0 Å². The summed E-state index contributed by atoms with van der Waals surface area (Å²) in [6, 6.07) is 9.06. The molecule has 1 fully saturated rings. The lowest BCUT2D eigenvalue weighted by atomic mass is 10.0. The van der Waals surface area contributed by atoms with Gasteiger partial charge in [0.05, 0.1) is 0 Å². The quantitative estimate of drug-likeness (QED) is 0.799. The van der Waals surface area contributed by atoms with E-state index in [-0.39, 0.29) is 0 Å². The molecule has 0 aromatic heterocycles. The van der Waals surface area contributed by atoms with Gasteiger partial charge in [-0.3, -0.25) is 0 Å². The van der Waals surface area contributed by atoms with Crippen LogP contribution in [0.5, 0.6) is 0 Å². The molecule has 0 amide bonds. The Morgan fingerprint density at radius 1 is 1.22 bits per heavy atom. The van der Waals surface area contributed by atoms with E-state index < -0.39 is 0 Å². The molecule has 0 spiro atoms. The van der Waals surface area contributed by atoms with Gasteiger partial charge in [-0.1, -0.05) is 19.1 Å². The largest absolute Gasteiger partial charge is 0.366 e. The van der Waals surface area contributed by atoms with Gasteiger partial charge in [0.15, 0.2) is 0 Å². The molecule has 0 aliphatic carbocycles. The summed E-state index contributed by atoms with van der Waals surface area (Å²) >= 11 is 0. The van der Waals surface area contributed by atoms with E-state index in [1.807, 2.05) is 0 Å². The molecule has 1 N–H and O–H groups in total. The summed E-state index contributed by atoms with van der Waals surface area (Å²) in [6.45, 7) is 10.2. The smallest absolute Gasteiger partial charge is 0.0370 e. The van der Waals surface area contributed by atoms with Crippen LogP contribution >= 0.6 is 0 Å². The van der Waals surface area contributed by atoms with Crippen molar-refractivity contribution in [2.45, 2.75) is 52.1 Å². The van der Waals surface area contributed by atoms with Crippen LogP contribution in [0.15, 0.2) is 24.3 Å². The molecule has 0 saturated carbocycles. The Morgan fingerprint density at radius 3 is 2.50 bits per heavy atom. The normalized spacial score (nSPS) is 18.3. The topological polar surface area (TPSA) is 15.3 Å². The second kappa shape index (κ2) is 5.75. The molecule has 1 aromatic carbocycles. The number of anilines is 1. The fourth-order valence-corrected chi connectivity index (χ4v) is 2.79. The summed E-state index contributed by atoms with van der Waals surface area (Å²) in [5, 5.41) is 3.44. The van der Waals surface area contributed by atoms with Crippen LogP contribution < -0.4 is 10.2 Å². The van der Waals surface area contributed by atoms with Gasteiger partial charge < -0.3 is 10.2 Å². The van der Waals surface area contributed by atoms with E-state index in [1.165, 1.54) is 37.1 Å². The first kappa shape index (κ1) is 13.4. The summed E-state index contributed by atoms with van der Waals surface area (Å²) in [5.74, 6) is 0. The van der Waals surface area contributed by atoms with Crippen LogP contribution in [0.4, 0.5) is 5.69 Å². The fourth-order valence-electron chi connectivity index (χ4n) is 2.79. The highest BCUT2D eigenvalue weighted by atomic mass is 15.2. The van der Waals surface area contributed by atoms with Gasteiger partial charge in [-0.15, -0.1) is 0 Å². The molecule has 2 heteroatoms. The summed E-state index contributed by atoms with van der Waals surface area (Å²) < 4.78 is 0. The zero-order chi connectivity index (χ0) is 13.0. The minimum atomic E-state index is 0.321. The van der Waals surface area contributed by atoms with Crippen molar-refractivity contribution in [2.75, 3.05) is 18.0 Å². The lowest BCUT2D eigenvalue weighted by molar-refractivity contribution is 0.518. The standard InChI is InChI=1S/C16H26N2/c1-4-11-17-13-14-6-8-15(9-7-14)18-12-5-10-16(18,2)3/h6-9,17H,4-5,10-13H2,1-3H3. The number of nitrogens with zero attached hydrogens (tertiary/aromatic N) is 1. The Morgan fingerprint density at radius 2 is 1.94 bits per heavy atom. The number of hydrogen-bond acceptors (Lipinski definition) is 2. The first-order chi connectivity index (χ1) is 8.63. The van der Waals surface area contributed by atoms with Gasteiger partial charge in [-0.25, -0.2) is 0 Å². The third-order valence-electron chi connectivity index (χ3n) is 3.90. The van der Waals surface area contributed by atoms with Crippen LogP contribution in [0.2, 0.25) is 0 Å². The molecule has 100 valence electrons. The summed E-state index contributed by atoms with van der Waals surface area (Å²) in [7, 11) is 0. The lowest BCUT2D eigenvalue weighted by Crippen LogP contribution is -2.38. The molecule has 2 rings (SSSR count). The molecular formula is C16H26N2. The van der Waals surface area contributed by atoms with Crippen LogP contribution in [0.3, 0.4) is 0 Å². The molecule has 0 atom stereocenters. The molecule has 1 aromatic rings. The Labute approximate surface area is 111 Å². The molecule has 1 aliphatic heterocycles. The van der Waals surface area contributed by atoms with Crippen molar-refractivity contribution in [1.82, 2.24) is 5.32 Å². The molecule has 0 bridgehead atoms. The van der Waals surface area contributed by atoms with Crippen LogP contribution in [0.1, 0.15) is 45.6 Å². The summed E-state index contributed by atoms with van der Waals surface area (Å²) in [5.41, 5.74) is 3.07. The predicted molar refractivity (Wildman–Crippen MR) is 79.1 cm³/mol. The van der Waals surface area contributed by atoms with Gasteiger partial charge in [0.1, 0.15) is 0 Å². The molecule has 0 radical (unpaired) electrons. The highest BCUT2D eigenvalue weighted by Gasteiger charge is 2.31. The van der Waals surface area contributed by atoms with Crippen molar-refractivity contribution in [2.24, 2.45) is 0 Å². The minimum absolute atomic E-state index is 0.321. The van der Waals surface area contributed by atoms with E-state index in [4.69, 9.17) is 0 Å². The average Bonchev–Trinajstić information content (AvgIpc) is 2.70. The highest BCUT2D eigenvalue weighted by Crippen LogP contribution is 2.33. The average molecular weight is 246 g/mol. The Kier molecular flexibility index (Phi) is 4.28. The van der Waals surface area contributed by atoms with Crippen molar-refractivity contribution < 1.29 is 0 Å². The molecule has 1 saturated heterocycles. The van der Waals surface area contributed by atoms with Crippen LogP contribution in [0.25, 0.3) is 0 Å². The maximum Gasteiger partial charge on any atom is 0.0370 e. The third kappa shape index (κ3) is 3.05. The van der Waals surface area contributed by atoms with Gasteiger partial charge >= 0.3 is 0 Å².